The zero-order valence-corrected chi connectivity index (χ0v) is 12.0. The summed E-state index contributed by atoms with van der Waals surface area (Å²) in [5, 5.41) is 10.3. The Kier molecular flexibility index (Phi) is 3.11. The Morgan fingerprint density at radius 3 is 2.74 bits per heavy atom. The van der Waals surface area contributed by atoms with Crippen LogP contribution < -0.4 is 5.32 Å². The van der Waals surface area contributed by atoms with Crippen LogP contribution in [0.15, 0.2) is 36.4 Å². The molecule has 0 unspecified atom stereocenters. The maximum Gasteiger partial charge on any atom is 0.159 e. The number of benzene rings is 2. The van der Waals surface area contributed by atoms with Gasteiger partial charge < -0.3 is 5.32 Å². The van der Waals surface area contributed by atoms with Crippen LogP contribution in [0.5, 0.6) is 0 Å². The molecule has 0 bridgehead atoms. The number of halogens is 3. The van der Waals surface area contributed by atoms with Gasteiger partial charge in [0, 0.05) is 24.1 Å². The summed E-state index contributed by atoms with van der Waals surface area (Å²) in [6.07, 6.45) is 0.582. The SMILES string of the molecule is Fc1ccc2c(c1)Cc1c-2n[nH]c1NCc1ccc(F)c(F)c1. The fraction of sp³-hybridized carbons (Fsp3) is 0.118. The monoisotopic (exact) mass is 315 g/mol. The zero-order valence-electron chi connectivity index (χ0n) is 12.0. The number of hydrogen-bond donors (Lipinski definition) is 2. The molecule has 0 spiro atoms. The van der Waals surface area contributed by atoms with Gasteiger partial charge in [0.15, 0.2) is 11.6 Å². The summed E-state index contributed by atoms with van der Waals surface area (Å²) in [7, 11) is 0. The predicted molar refractivity (Wildman–Crippen MR) is 80.5 cm³/mol. The lowest BCUT2D eigenvalue weighted by Gasteiger charge is -2.06. The molecule has 1 heterocycles. The topological polar surface area (TPSA) is 40.7 Å². The minimum absolute atomic E-state index is 0.269. The van der Waals surface area contributed by atoms with Crippen LogP contribution in [-0.2, 0) is 13.0 Å². The highest BCUT2D eigenvalue weighted by Gasteiger charge is 2.25. The molecule has 0 radical (unpaired) electrons. The normalized spacial score (nSPS) is 12.1. The molecule has 1 aliphatic rings. The summed E-state index contributed by atoms with van der Waals surface area (Å²) >= 11 is 0. The number of aromatic amines is 1. The van der Waals surface area contributed by atoms with Gasteiger partial charge in [0.25, 0.3) is 0 Å². The standard InChI is InChI=1S/C17H12F3N3/c18-11-2-3-12-10(6-11)7-13-16(12)22-23-17(13)21-8-9-1-4-14(19)15(20)5-9/h1-6H,7-8H2,(H2,21,22,23). The van der Waals surface area contributed by atoms with Gasteiger partial charge in [-0.2, -0.15) is 5.10 Å². The van der Waals surface area contributed by atoms with E-state index in [0.29, 0.717) is 24.3 Å². The van der Waals surface area contributed by atoms with Crippen molar-refractivity contribution in [2.45, 2.75) is 13.0 Å². The Bertz CT molecular complexity index is 902. The molecule has 1 aromatic heterocycles. The molecule has 1 aliphatic carbocycles. The number of rotatable bonds is 3. The maximum atomic E-state index is 13.3. The number of hydrogen-bond acceptors (Lipinski definition) is 2. The zero-order chi connectivity index (χ0) is 16.0. The van der Waals surface area contributed by atoms with Gasteiger partial charge in [0.05, 0.1) is 5.69 Å². The van der Waals surface area contributed by atoms with Crippen LogP contribution in [0.1, 0.15) is 16.7 Å². The number of nitrogens with one attached hydrogen (secondary N) is 2. The average molecular weight is 315 g/mol. The molecule has 2 aromatic carbocycles. The molecule has 6 heteroatoms. The highest BCUT2D eigenvalue weighted by atomic mass is 19.2. The van der Waals surface area contributed by atoms with Crippen LogP contribution in [-0.4, -0.2) is 10.2 Å². The van der Waals surface area contributed by atoms with E-state index in [-0.39, 0.29) is 5.82 Å². The lowest BCUT2D eigenvalue weighted by Crippen LogP contribution is -2.03. The highest BCUT2D eigenvalue weighted by molar-refractivity contribution is 5.78. The van der Waals surface area contributed by atoms with Gasteiger partial charge >= 0.3 is 0 Å². The van der Waals surface area contributed by atoms with E-state index in [1.807, 2.05) is 0 Å². The van der Waals surface area contributed by atoms with Crippen LogP contribution in [0.4, 0.5) is 19.0 Å². The van der Waals surface area contributed by atoms with Crippen molar-refractivity contribution in [1.29, 1.82) is 0 Å². The van der Waals surface area contributed by atoms with E-state index < -0.39 is 11.6 Å². The van der Waals surface area contributed by atoms with E-state index in [2.05, 4.69) is 15.5 Å². The summed E-state index contributed by atoms with van der Waals surface area (Å²) in [6.45, 7) is 0.330. The fourth-order valence-electron chi connectivity index (χ4n) is 2.88. The van der Waals surface area contributed by atoms with Gasteiger partial charge in [-0.3, -0.25) is 5.10 Å². The van der Waals surface area contributed by atoms with Crippen LogP contribution in [0.3, 0.4) is 0 Å². The smallest absolute Gasteiger partial charge is 0.159 e. The third-order valence-corrected chi connectivity index (χ3v) is 4.01. The van der Waals surface area contributed by atoms with Crippen molar-refractivity contribution < 1.29 is 13.2 Å². The molecule has 0 saturated heterocycles. The lowest BCUT2D eigenvalue weighted by molar-refractivity contribution is 0.507. The van der Waals surface area contributed by atoms with Gasteiger partial charge in [0.2, 0.25) is 0 Å². The van der Waals surface area contributed by atoms with Crippen molar-refractivity contribution in [3.63, 3.8) is 0 Å². The van der Waals surface area contributed by atoms with Gasteiger partial charge in [-0.25, -0.2) is 13.2 Å². The second kappa shape index (κ2) is 5.15. The molecular weight excluding hydrogens is 303 g/mol. The number of aromatic nitrogens is 2. The second-order valence-electron chi connectivity index (χ2n) is 5.51. The Morgan fingerprint density at radius 2 is 1.91 bits per heavy atom. The van der Waals surface area contributed by atoms with E-state index in [1.54, 1.807) is 6.07 Å². The first-order valence-corrected chi connectivity index (χ1v) is 7.15. The van der Waals surface area contributed by atoms with E-state index in [0.717, 1.165) is 34.5 Å². The highest BCUT2D eigenvalue weighted by Crippen LogP contribution is 2.38. The number of anilines is 1. The first-order chi connectivity index (χ1) is 11.1. The molecular formula is C17H12F3N3. The largest absolute Gasteiger partial charge is 0.366 e. The molecule has 116 valence electrons. The summed E-state index contributed by atoms with van der Waals surface area (Å²) in [6, 6.07) is 8.42. The third kappa shape index (κ3) is 2.36. The Labute approximate surface area is 130 Å². The molecule has 23 heavy (non-hydrogen) atoms. The van der Waals surface area contributed by atoms with Crippen molar-refractivity contribution in [2.75, 3.05) is 5.32 Å². The van der Waals surface area contributed by atoms with Crippen molar-refractivity contribution >= 4 is 5.82 Å². The quantitative estimate of drug-likeness (QED) is 0.600. The Balaban J connectivity index is 1.56. The van der Waals surface area contributed by atoms with Gasteiger partial charge in [-0.15, -0.1) is 0 Å². The Morgan fingerprint density at radius 1 is 1.04 bits per heavy atom. The molecule has 0 saturated carbocycles. The van der Waals surface area contributed by atoms with Crippen LogP contribution in [0, 0.1) is 17.5 Å². The maximum absolute atomic E-state index is 13.3. The summed E-state index contributed by atoms with van der Waals surface area (Å²) < 4.78 is 39.5. The van der Waals surface area contributed by atoms with E-state index >= 15 is 0 Å². The van der Waals surface area contributed by atoms with Crippen LogP contribution in [0.25, 0.3) is 11.3 Å². The summed E-state index contributed by atoms with van der Waals surface area (Å²) in [5.41, 5.74) is 4.18. The second-order valence-corrected chi connectivity index (χ2v) is 5.51. The molecule has 2 N–H and O–H groups in total. The molecule has 3 nitrogen and oxygen atoms in total. The van der Waals surface area contributed by atoms with Gasteiger partial charge in [-0.1, -0.05) is 6.07 Å². The molecule has 0 aliphatic heterocycles. The molecule has 0 fully saturated rings. The minimum Gasteiger partial charge on any atom is -0.366 e. The number of H-pyrrole nitrogens is 1. The summed E-state index contributed by atoms with van der Waals surface area (Å²) in [5.74, 6) is -1.30. The molecule has 4 rings (SSSR count). The number of nitrogens with zero attached hydrogens (tertiary/aromatic N) is 1. The van der Waals surface area contributed by atoms with Crippen molar-refractivity contribution in [3.8, 4) is 11.3 Å². The van der Waals surface area contributed by atoms with Crippen molar-refractivity contribution in [1.82, 2.24) is 10.2 Å². The predicted octanol–water partition coefficient (Wildman–Crippen LogP) is 4.01. The lowest BCUT2D eigenvalue weighted by atomic mass is 10.1. The molecule has 3 aromatic rings. The van der Waals surface area contributed by atoms with Crippen molar-refractivity contribution in [2.24, 2.45) is 0 Å². The van der Waals surface area contributed by atoms with Gasteiger partial charge in [-0.05, 0) is 41.5 Å². The van der Waals surface area contributed by atoms with Crippen LogP contribution >= 0.6 is 0 Å². The molecule has 0 atom stereocenters. The molecule has 0 amide bonds. The average Bonchev–Trinajstić information content (AvgIpc) is 3.07. The van der Waals surface area contributed by atoms with Crippen LogP contribution in [0.2, 0.25) is 0 Å². The minimum atomic E-state index is -0.873. The van der Waals surface area contributed by atoms with E-state index in [4.69, 9.17) is 0 Å². The van der Waals surface area contributed by atoms with E-state index in [9.17, 15) is 13.2 Å². The van der Waals surface area contributed by atoms with E-state index in [1.165, 1.54) is 18.2 Å². The van der Waals surface area contributed by atoms with Crippen molar-refractivity contribution in [3.05, 3.63) is 70.5 Å². The third-order valence-electron chi connectivity index (χ3n) is 4.01. The fourth-order valence-corrected chi connectivity index (χ4v) is 2.88. The number of fused-ring (bicyclic) bond motifs is 3. The Hall–Kier alpha value is -2.76. The first-order valence-electron chi connectivity index (χ1n) is 7.15. The van der Waals surface area contributed by atoms with Gasteiger partial charge in [0.1, 0.15) is 11.6 Å². The summed E-state index contributed by atoms with van der Waals surface area (Å²) in [4.78, 5) is 0. The first kappa shape index (κ1) is 13.9.